The average molecular weight is 263 g/mol. The van der Waals surface area contributed by atoms with Crippen molar-refractivity contribution in [1.29, 1.82) is 0 Å². The first-order chi connectivity index (χ1) is 9.33. The summed E-state index contributed by atoms with van der Waals surface area (Å²) in [5, 5.41) is 3.34. The van der Waals surface area contributed by atoms with E-state index in [2.05, 4.69) is 5.32 Å². The molecule has 1 aromatic rings. The van der Waals surface area contributed by atoms with E-state index in [9.17, 15) is 4.39 Å². The number of hydrogen-bond donors (Lipinski definition) is 1. The summed E-state index contributed by atoms with van der Waals surface area (Å²) in [4.78, 5) is 0. The number of benzene rings is 1. The van der Waals surface area contributed by atoms with Gasteiger partial charge < -0.3 is 10.1 Å². The molecule has 0 unspecified atom stereocenters. The maximum Gasteiger partial charge on any atom is 0.165 e. The number of halogens is 1. The first-order valence-electron chi connectivity index (χ1n) is 7.46. The molecule has 0 aromatic heterocycles. The van der Waals surface area contributed by atoms with Crippen molar-refractivity contribution < 1.29 is 9.13 Å². The van der Waals surface area contributed by atoms with Gasteiger partial charge in [0, 0.05) is 0 Å². The van der Waals surface area contributed by atoms with E-state index >= 15 is 0 Å². The van der Waals surface area contributed by atoms with Crippen molar-refractivity contribution in [3.8, 4) is 5.75 Å². The van der Waals surface area contributed by atoms with Crippen molar-refractivity contribution >= 4 is 0 Å². The molecule has 1 aromatic carbocycles. The minimum Gasteiger partial charge on any atom is -0.490 e. The van der Waals surface area contributed by atoms with E-state index in [1.807, 2.05) is 12.1 Å². The molecule has 2 nitrogen and oxygen atoms in total. The quantitative estimate of drug-likeness (QED) is 0.898. The van der Waals surface area contributed by atoms with Crippen LogP contribution in [0, 0.1) is 11.7 Å². The lowest BCUT2D eigenvalue weighted by molar-refractivity contribution is 0.175. The fourth-order valence-corrected chi connectivity index (χ4v) is 2.91. The highest BCUT2D eigenvalue weighted by molar-refractivity contribution is 5.31. The van der Waals surface area contributed by atoms with Crippen molar-refractivity contribution in [3.05, 3.63) is 29.6 Å². The highest BCUT2D eigenvalue weighted by atomic mass is 19.1. The predicted octanol–water partition coefficient (Wildman–Crippen LogP) is 3.47. The van der Waals surface area contributed by atoms with Crippen LogP contribution >= 0.6 is 0 Å². The molecular weight excluding hydrogens is 241 g/mol. The van der Waals surface area contributed by atoms with Gasteiger partial charge in [-0.1, -0.05) is 12.5 Å². The van der Waals surface area contributed by atoms with Crippen molar-refractivity contribution in [2.24, 2.45) is 5.92 Å². The van der Waals surface area contributed by atoms with Crippen LogP contribution in [0.4, 0.5) is 4.39 Å². The number of piperidine rings is 1. The Kier molecular flexibility index (Phi) is 4.02. The lowest BCUT2D eigenvalue weighted by atomic mass is 9.86. The third-order valence-corrected chi connectivity index (χ3v) is 4.47. The first kappa shape index (κ1) is 12.9. The molecule has 1 saturated heterocycles. The zero-order valence-corrected chi connectivity index (χ0v) is 11.3. The summed E-state index contributed by atoms with van der Waals surface area (Å²) in [6.45, 7) is 2.74. The number of rotatable bonds is 4. The summed E-state index contributed by atoms with van der Waals surface area (Å²) >= 11 is 0. The van der Waals surface area contributed by atoms with E-state index in [1.165, 1.54) is 19.3 Å². The third-order valence-electron chi connectivity index (χ3n) is 4.47. The molecule has 104 valence electrons. The molecule has 1 saturated carbocycles. The minimum absolute atomic E-state index is 0.199. The predicted molar refractivity (Wildman–Crippen MR) is 74.1 cm³/mol. The third kappa shape index (κ3) is 3.08. The number of ether oxygens (including phenoxy) is 1. The van der Waals surface area contributed by atoms with Gasteiger partial charge in [-0.05, 0) is 68.3 Å². The summed E-state index contributed by atoms with van der Waals surface area (Å²) in [5.41, 5.74) is 1.12. The lowest BCUT2D eigenvalue weighted by Gasteiger charge is -2.26. The Hall–Kier alpha value is -1.09. The van der Waals surface area contributed by atoms with Crippen LogP contribution in [0.5, 0.6) is 5.75 Å². The Balaban J connectivity index is 1.62. The van der Waals surface area contributed by atoms with Crippen LogP contribution in [0.2, 0.25) is 0 Å². The SMILES string of the molecule is Fc1cc(C2CCNCC2)ccc1OCC1CCC1. The van der Waals surface area contributed by atoms with E-state index in [0.717, 1.165) is 31.5 Å². The van der Waals surface area contributed by atoms with Crippen molar-refractivity contribution in [2.75, 3.05) is 19.7 Å². The molecule has 0 radical (unpaired) electrons. The van der Waals surface area contributed by atoms with Gasteiger partial charge in [-0.15, -0.1) is 0 Å². The Morgan fingerprint density at radius 3 is 2.58 bits per heavy atom. The molecule has 3 rings (SSSR count). The van der Waals surface area contributed by atoms with Crippen LogP contribution < -0.4 is 10.1 Å². The molecule has 1 N–H and O–H groups in total. The van der Waals surface area contributed by atoms with Crippen LogP contribution in [0.3, 0.4) is 0 Å². The normalized spacial score (nSPS) is 21.1. The smallest absolute Gasteiger partial charge is 0.165 e. The first-order valence-corrected chi connectivity index (χ1v) is 7.46. The van der Waals surface area contributed by atoms with Crippen molar-refractivity contribution in [1.82, 2.24) is 5.32 Å². The van der Waals surface area contributed by atoms with Crippen molar-refractivity contribution in [2.45, 2.75) is 38.0 Å². The molecule has 0 atom stereocenters. The second kappa shape index (κ2) is 5.91. The lowest BCUT2D eigenvalue weighted by Crippen LogP contribution is -2.26. The van der Waals surface area contributed by atoms with Crippen LogP contribution in [-0.4, -0.2) is 19.7 Å². The molecule has 2 fully saturated rings. The largest absolute Gasteiger partial charge is 0.490 e. The fraction of sp³-hybridized carbons (Fsp3) is 0.625. The molecule has 1 aliphatic heterocycles. The zero-order valence-electron chi connectivity index (χ0n) is 11.3. The Labute approximate surface area is 114 Å². The van der Waals surface area contributed by atoms with E-state index in [4.69, 9.17) is 4.74 Å². The van der Waals surface area contributed by atoms with Gasteiger partial charge in [0.15, 0.2) is 11.6 Å². The fourth-order valence-electron chi connectivity index (χ4n) is 2.91. The second-order valence-corrected chi connectivity index (χ2v) is 5.82. The van der Waals surface area contributed by atoms with Gasteiger partial charge in [0.1, 0.15) is 0 Å². The maximum absolute atomic E-state index is 14.0. The Morgan fingerprint density at radius 1 is 1.16 bits per heavy atom. The highest BCUT2D eigenvalue weighted by Crippen LogP contribution is 2.30. The van der Waals surface area contributed by atoms with Crippen LogP contribution in [0.25, 0.3) is 0 Å². The van der Waals surface area contributed by atoms with Gasteiger partial charge >= 0.3 is 0 Å². The average Bonchev–Trinajstić information content (AvgIpc) is 2.40. The van der Waals surface area contributed by atoms with Gasteiger partial charge in [-0.2, -0.15) is 0 Å². The van der Waals surface area contributed by atoms with E-state index in [1.54, 1.807) is 6.07 Å². The molecule has 0 amide bonds. The van der Waals surface area contributed by atoms with E-state index in [-0.39, 0.29) is 5.82 Å². The van der Waals surface area contributed by atoms with Gasteiger partial charge in [-0.25, -0.2) is 4.39 Å². The van der Waals surface area contributed by atoms with Crippen LogP contribution in [0.1, 0.15) is 43.6 Å². The topological polar surface area (TPSA) is 21.3 Å². The second-order valence-electron chi connectivity index (χ2n) is 5.82. The standard InChI is InChI=1S/C16H22FNO/c17-15-10-14(13-6-8-18-9-7-13)4-5-16(15)19-11-12-2-1-3-12/h4-5,10,12-13,18H,1-3,6-9,11H2. The van der Waals surface area contributed by atoms with Crippen LogP contribution in [0.15, 0.2) is 18.2 Å². The van der Waals surface area contributed by atoms with Crippen molar-refractivity contribution in [3.63, 3.8) is 0 Å². The van der Waals surface area contributed by atoms with Gasteiger partial charge in [0.2, 0.25) is 0 Å². The molecule has 2 aliphatic rings. The minimum atomic E-state index is -0.199. The van der Waals surface area contributed by atoms with Crippen LogP contribution in [-0.2, 0) is 0 Å². The van der Waals surface area contributed by atoms with E-state index < -0.39 is 0 Å². The molecule has 0 bridgehead atoms. The van der Waals surface area contributed by atoms with Gasteiger partial charge in [0.05, 0.1) is 6.61 Å². The van der Waals surface area contributed by atoms with Gasteiger partial charge in [-0.3, -0.25) is 0 Å². The van der Waals surface area contributed by atoms with Gasteiger partial charge in [0.25, 0.3) is 0 Å². The number of hydrogen-bond acceptors (Lipinski definition) is 2. The zero-order chi connectivity index (χ0) is 13.1. The molecule has 0 spiro atoms. The molecule has 19 heavy (non-hydrogen) atoms. The monoisotopic (exact) mass is 263 g/mol. The van der Waals surface area contributed by atoms with E-state index in [0.29, 0.717) is 24.2 Å². The molecular formula is C16H22FNO. The summed E-state index contributed by atoms with van der Waals surface area (Å²) < 4.78 is 19.6. The maximum atomic E-state index is 14.0. The highest BCUT2D eigenvalue weighted by Gasteiger charge is 2.20. The summed E-state index contributed by atoms with van der Waals surface area (Å²) in [5.74, 6) is 1.36. The Morgan fingerprint density at radius 2 is 1.95 bits per heavy atom. The molecule has 1 heterocycles. The summed E-state index contributed by atoms with van der Waals surface area (Å²) in [6, 6.07) is 5.52. The summed E-state index contributed by atoms with van der Waals surface area (Å²) in [7, 11) is 0. The Bertz CT molecular complexity index is 425. The summed E-state index contributed by atoms with van der Waals surface area (Å²) in [6.07, 6.45) is 5.96. The number of nitrogens with one attached hydrogen (secondary N) is 1. The molecule has 1 aliphatic carbocycles. The molecule has 3 heteroatoms.